The van der Waals surface area contributed by atoms with Gasteiger partial charge in [0.2, 0.25) is 5.95 Å². The molecule has 0 saturated carbocycles. The number of aromatic nitrogens is 2. The number of nitrogens with one attached hydrogen (secondary N) is 1. The Morgan fingerprint density at radius 1 is 1.22 bits per heavy atom. The normalized spacial score (nSPS) is 20.0. The van der Waals surface area contributed by atoms with E-state index in [-0.39, 0.29) is 0 Å². The van der Waals surface area contributed by atoms with Gasteiger partial charge in [0.05, 0.1) is 11.3 Å². The van der Waals surface area contributed by atoms with Gasteiger partial charge in [0, 0.05) is 39.4 Å². The molecule has 3 rings (SSSR count). The van der Waals surface area contributed by atoms with Crippen molar-refractivity contribution in [3.05, 3.63) is 11.3 Å². The van der Waals surface area contributed by atoms with Gasteiger partial charge in [0.15, 0.2) is 0 Å². The maximum Gasteiger partial charge on any atom is 0.224 e. The van der Waals surface area contributed by atoms with E-state index in [0.717, 1.165) is 36.6 Å². The summed E-state index contributed by atoms with van der Waals surface area (Å²) in [5, 5.41) is 3.09. The maximum atomic E-state index is 4.71. The van der Waals surface area contributed by atoms with Crippen LogP contribution in [0.4, 0.5) is 11.8 Å². The van der Waals surface area contributed by atoms with Crippen molar-refractivity contribution in [2.75, 3.05) is 50.5 Å². The van der Waals surface area contributed by atoms with E-state index in [0.29, 0.717) is 12.0 Å². The maximum absolute atomic E-state index is 4.71. The molecule has 0 unspecified atom stereocenters. The van der Waals surface area contributed by atoms with Crippen molar-refractivity contribution in [1.29, 1.82) is 0 Å². The fourth-order valence-corrected chi connectivity index (χ4v) is 3.53. The van der Waals surface area contributed by atoms with Crippen LogP contribution < -0.4 is 10.2 Å². The highest BCUT2D eigenvalue weighted by molar-refractivity contribution is 5.88. The Morgan fingerprint density at radius 3 is 2.57 bits per heavy atom. The smallest absolute Gasteiger partial charge is 0.224 e. The summed E-state index contributed by atoms with van der Waals surface area (Å²) in [5.41, 5.74) is 2.14. The molecule has 6 nitrogen and oxygen atoms in total. The second-order valence-electron chi connectivity index (χ2n) is 6.38. The SMILES string of the molecule is CCc1nc(NC)nc(N2CC(N3CCCCC3)C2)c1C=NC. The summed E-state index contributed by atoms with van der Waals surface area (Å²) in [7, 11) is 3.68. The fraction of sp³-hybridized carbons (Fsp3) is 0.706. The van der Waals surface area contributed by atoms with Crippen molar-refractivity contribution in [2.45, 2.75) is 38.6 Å². The summed E-state index contributed by atoms with van der Waals surface area (Å²) < 4.78 is 0. The Hall–Kier alpha value is -1.69. The van der Waals surface area contributed by atoms with E-state index in [1.54, 1.807) is 0 Å². The third-order valence-electron chi connectivity index (χ3n) is 4.89. The van der Waals surface area contributed by atoms with Crippen LogP contribution in [-0.2, 0) is 6.42 Å². The molecule has 2 aliphatic heterocycles. The summed E-state index contributed by atoms with van der Waals surface area (Å²) in [4.78, 5) is 18.5. The molecule has 0 atom stereocenters. The number of anilines is 2. The fourth-order valence-electron chi connectivity index (χ4n) is 3.53. The summed E-state index contributed by atoms with van der Waals surface area (Å²) in [5.74, 6) is 1.73. The number of hydrogen-bond acceptors (Lipinski definition) is 6. The zero-order valence-electron chi connectivity index (χ0n) is 14.5. The van der Waals surface area contributed by atoms with Crippen LogP contribution in [0.3, 0.4) is 0 Å². The minimum Gasteiger partial charge on any atom is -0.357 e. The van der Waals surface area contributed by atoms with Crippen LogP contribution in [0.25, 0.3) is 0 Å². The van der Waals surface area contributed by atoms with Gasteiger partial charge in [-0.1, -0.05) is 13.3 Å². The third kappa shape index (κ3) is 3.32. The van der Waals surface area contributed by atoms with Gasteiger partial charge >= 0.3 is 0 Å². The van der Waals surface area contributed by atoms with Gasteiger partial charge < -0.3 is 10.2 Å². The second kappa shape index (κ2) is 7.25. The summed E-state index contributed by atoms with van der Waals surface area (Å²) in [6.45, 7) is 6.77. The standard InChI is InChI=1S/C17H28N6/c1-4-15-14(10-18-2)16(21-17(19-3)20-15)23-11-13(12-23)22-8-6-5-7-9-22/h10,13H,4-9,11-12H2,1-3H3,(H,19,20,21). The predicted molar refractivity (Wildman–Crippen MR) is 95.9 cm³/mol. The van der Waals surface area contributed by atoms with Gasteiger partial charge in [0.1, 0.15) is 5.82 Å². The first kappa shape index (κ1) is 16.2. The summed E-state index contributed by atoms with van der Waals surface area (Å²) >= 11 is 0. The molecule has 6 heteroatoms. The number of aryl methyl sites for hydroxylation is 1. The number of hydrogen-bond donors (Lipinski definition) is 1. The highest BCUT2D eigenvalue weighted by Crippen LogP contribution is 2.28. The molecule has 23 heavy (non-hydrogen) atoms. The lowest BCUT2D eigenvalue weighted by Crippen LogP contribution is -2.61. The molecule has 1 aromatic rings. The van der Waals surface area contributed by atoms with E-state index < -0.39 is 0 Å². The van der Waals surface area contributed by atoms with Crippen molar-refractivity contribution in [3.63, 3.8) is 0 Å². The van der Waals surface area contributed by atoms with E-state index in [9.17, 15) is 0 Å². The Kier molecular flexibility index (Phi) is 5.10. The van der Waals surface area contributed by atoms with Crippen LogP contribution in [0, 0.1) is 0 Å². The lowest BCUT2D eigenvalue weighted by molar-refractivity contribution is 0.138. The number of piperidine rings is 1. The monoisotopic (exact) mass is 316 g/mol. The van der Waals surface area contributed by atoms with Gasteiger partial charge in [-0.15, -0.1) is 0 Å². The van der Waals surface area contributed by atoms with E-state index in [2.05, 4.69) is 32.0 Å². The van der Waals surface area contributed by atoms with Crippen molar-refractivity contribution in [3.8, 4) is 0 Å². The van der Waals surface area contributed by atoms with Crippen LogP contribution >= 0.6 is 0 Å². The molecule has 0 aliphatic carbocycles. The lowest BCUT2D eigenvalue weighted by Gasteiger charge is -2.47. The molecule has 2 fully saturated rings. The zero-order chi connectivity index (χ0) is 16.2. The molecular formula is C17H28N6. The zero-order valence-corrected chi connectivity index (χ0v) is 14.5. The van der Waals surface area contributed by atoms with Crippen LogP contribution in [-0.4, -0.2) is 67.4 Å². The highest BCUT2D eigenvalue weighted by atomic mass is 15.3. The molecule has 0 radical (unpaired) electrons. The molecule has 0 aromatic carbocycles. The Morgan fingerprint density at radius 2 is 1.96 bits per heavy atom. The van der Waals surface area contributed by atoms with Gasteiger partial charge in [0.25, 0.3) is 0 Å². The third-order valence-corrected chi connectivity index (χ3v) is 4.89. The van der Waals surface area contributed by atoms with Gasteiger partial charge in [-0.05, 0) is 32.4 Å². The van der Waals surface area contributed by atoms with Crippen molar-refractivity contribution >= 4 is 18.0 Å². The van der Waals surface area contributed by atoms with Crippen LogP contribution in [0.2, 0.25) is 0 Å². The van der Waals surface area contributed by atoms with Gasteiger partial charge in [-0.25, -0.2) is 4.98 Å². The Bertz CT molecular complexity index is 558. The van der Waals surface area contributed by atoms with E-state index >= 15 is 0 Å². The first-order chi connectivity index (χ1) is 11.3. The van der Waals surface area contributed by atoms with Crippen molar-refractivity contribution in [2.24, 2.45) is 4.99 Å². The molecule has 1 N–H and O–H groups in total. The first-order valence-electron chi connectivity index (χ1n) is 8.76. The average molecular weight is 316 g/mol. The van der Waals surface area contributed by atoms with Crippen LogP contribution in [0.5, 0.6) is 0 Å². The van der Waals surface area contributed by atoms with Crippen LogP contribution in [0.15, 0.2) is 4.99 Å². The molecule has 0 spiro atoms. The Balaban J connectivity index is 1.79. The molecule has 2 saturated heterocycles. The number of nitrogens with zero attached hydrogens (tertiary/aromatic N) is 5. The number of aliphatic imine (C=N–C) groups is 1. The predicted octanol–water partition coefficient (Wildman–Crippen LogP) is 1.80. The van der Waals surface area contributed by atoms with E-state index in [1.807, 2.05) is 20.3 Å². The van der Waals surface area contributed by atoms with Crippen molar-refractivity contribution < 1.29 is 0 Å². The molecule has 0 bridgehead atoms. The quantitative estimate of drug-likeness (QED) is 0.840. The molecular weight excluding hydrogens is 288 g/mol. The summed E-state index contributed by atoms with van der Waals surface area (Å²) in [6.07, 6.45) is 6.88. The lowest BCUT2D eigenvalue weighted by atomic mass is 10.0. The van der Waals surface area contributed by atoms with Gasteiger partial charge in [-0.2, -0.15) is 4.98 Å². The molecule has 1 aromatic heterocycles. The minimum atomic E-state index is 0.680. The average Bonchev–Trinajstić information content (AvgIpc) is 2.55. The van der Waals surface area contributed by atoms with E-state index in [4.69, 9.17) is 4.98 Å². The molecule has 126 valence electrons. The number of likely N-dealkylation sites (tertiary alicyclic amines) is 1. The summed E-state index contributed by atoms with van der Waals surface area (Å²) in [6, 6.07) is 0.680. The molecule has 0 amide bonds. The molecule has 3 heterocycles. The highest BCUT2D eigenvalue weighted by Gasteiger charge is 2.34. The van der Waals surface area contributed by atoms with Crippen molar-refractivity contribution in [1.82, 2.24) is 14.9 Å². The first-order valence-corrected chi connectivity index (χ1v) is 8.76. The number of rotatable bonds is 5. The second-order valence-corrected chi connectivity index (χ2v) is 6.38. The Labute approximate surface area is 139 Å². The van der Waals surface area contributed by atoms with E-state index in [1.165, 1.54) is 32.4 Å². The molecule has 2 aliphatic rings. The van der Waals surface area contributed by atoms with Gasteiger partial charge in [-0.3, -0.25) is 9.89 Å². The van der Waals surface area contributed by atoms with Crippen LogP contribution in [0.1, 0.15) is 37.4 Å². The topological polar surface area (TPSA) is 56.7 Å². The largest absolute Gasteiger partial charge is 0.357 e. The minimum absolute atomic E-state index is 0.680.